The van der Waals surface area contributed by atoms with Crippen molar-refractivity contribution in [2.24, 2.45) is 5.41 Å². The standard InChI is InChI=1S/C14H28O2S/c1-2-9-15-10-11-16-12-14(13-17)7-5-3-4-6-8-14/h17H,2-13H2,1H3. The second kappa shape index (κ2) is 9.23. The zero-order valence-electron chi connectivity index (χ0n) is 11.2. The third kappa shape index (κ3) is 6.12. The third-order valence-electron chi connectivity index (χ3n) is 3.63. The average molecular weight is 260 g/mol. The van der Waals surface area contributed by atoms with Gasteiger partial charge in [0.25, 0.3) is 0 Å². The Morgan fingerprint density at radius 1 is 0.941 bits per heavy atom. The minimum atomic E-state index is 0.338. The fourth-order valence-corrected chi connectivity index (χ4v) is 2.89. The van der Waals surface area contributed by atoms with Gasteiger partial charge in [-0.25, -0.2) is 0 Å². The van der Waals surface area contributed by atoms with Crippen molar-refractivity contribution in [2.45, 2.75) is 51.9 Å². The molecule has 0 aromatic carbocycles. The van der Waals surface area contributed by atoms with Gasteiger partial charge in [0.1, 0.15) is 0 Å². The van der Waals surface area contributed by atoms with Crippen molar-refractivity contribution < 1.29 is 9.47 Å². The molecule has 0 heterocycles. The first-order valence-electron chi connectivity index (χ1n) is 7.09. The molecule has 17 heavy (non-hydrogen) atoms. The molecule has 1 rings (SSSR count). The predicted molar refractivity (Wildman–Crippen MR) is 75.9 cm³/mol. The summed E-state index contributed by atoms with van der Waals surface area (Å²) in [4.78, 5) is 0. The van der Waals surface area contributed by atoms with E-state index in [9.17, 15) is 0 Å². The maximum Gasteiger partial charge on any atom is 0.0700 e. The molecular weight excluding hydrogens is 232 g/mol. The van der Waals surface area contributed by atoms with Gasteiger partial charge in [0, 0.05) is 12.0 Å². The SMILES string of the molecule is CCCOCCOCC1(CS)CCCCCC1. The first-order valence-corrected chi connectivity index (χ1v) is 7.72. The van der Waals surface area contributed by atoms with Crippen LogP contribution in [0, 0.1) is 5.41 Å². The predicted octanol–water partition coefficient (Wildman–Crippen LogP) is 3.70. The highest BCUT2D eigenvalue weighted by molar-refractivity contribution is 7.80. The first-order chi connectivity index (χ1) is 8.33. The fourth-order valence-electron chi connectivity index (χ4n) is 2.48. The van der Waals surface area contributed by atoms with Crippen LogP contribution in [-0.2, 0) is 9.47 Å². The van der Waals surface area contributed by atoms with Gasteiger partial charge in [0.2, 0.25) is 0 Å². The number of thiol groups is 1. The molecule has 0 amide bonds. The molecule has 3 heteroatoms. The summed E-state index contributed by atoms with van der Waals surface area (Å²) in [6.07, 6.45) is 9.11. The summed E-state index contributed by atoms with van der Waals surface area (Å²) in [5.41, 5.74) is 0.338. The molecule has 0 bridgehead atoms. The van der Waals surface area contributed by atoms with Crippen molar-refractivity contribution in [3.05, 3.63) is 0 Å². The van der Waals surface area contributed by atoms with E-state index in [0.717, 1.165) is 38.6 Å². The second-order valence-electron chi connectivity index (χ2n) is 5.24. The van der Waals surface area contributed by atoms with Crippen LogP contribution in [0.5, 0.6) is 0 Å². The molecule has 1 fully saturated rings. The Labute approximate surface area is 112 Å². The summed E-state index contributed by atoms with van der Waals surface area (Å²) in [7, 11) is 0. The fraction of sp³-hybridized carbons (Fsp3) is 1.00. The number of ether oxygens (including phenoxy) is 2. The van der Waals surface area contributed by atoms with Gasteiger partial charge >= 0.3 is 0 Å². The van der Waals surface area contributed by atoms with E-state index in [4.69, 9.17) is 9.47 Å². The van der Waals surface area contributed by atoms with E-state index in [1.54, 1.807) is 0 Å². The Kier molecular flexibility index (Phi) is 8.33. The Morgan fingerprint density at radius 3 is 2.18 bits per heavy atom. The molecule has 0 radical (unpaired) electrons. The van der Waals surface area contributed by atoms with Gasteiger partial charge < -0.3 is 9.47 Å². The summed E-state index contributed by atoms with van der Waals surface area (Å²) in [5, 5.41) is 0. The van der Waals surface area contributed by atoms with Crippen LogP contribution in [0.4, 0.5) is 0 Å². The molecule has 0 aliphatic heterocycles. The van der Waals surface area contributed by atoms with Crippen molar-refractivity contribution in [2.75, 3.05) is 32.2 Å². The monoisotopic (exact) mass is 260 g/mol. The van der Waals surface area contributed by atoms with E-state index in [-0.39, 0.29) is 0 Å². The van der Waals surface area contributed by atoms with Crippen molar-refractivity contribution in [1.82, 2.24) is 0 Å². The minimum Gasteiger partial charge on any atom is -0.379 e. The van der Waals surface area contributed by atoms with Gasteiger partial charge in [-0.1, -0.05) is 32.6 Å². The van der Waals surface area contributed by atoms with E-state index >= 15 is 0 Å². The van der Waals surface area contributed by atoms with Crippen LogP contribution in [0.2, 0.25) is 0 Å². The van der Waals surface area contributed by atoms with E-state index in [1.165, 1.54) is 38.5 Å². The zero-order chi connectivity index (χ0) is 12.4. The molecule has 1 aliphatic rings. The molecule has 1 saturated carbocycles. The highest BCUT2D eigenvalue weighted by Gasteiger charge is 2.29. The van der Waals surface area contributed by atoms with Crippen molar-refractivity contribution in [1.29, 1.82) is 0 Å². The maximum atomic E-state index is 5.80. The molecule has 2 nitrogen and oxygen atoms in total. The van der Waals surface area contributed by atoms with E-state index in [1.807, 2.05) is 0 Å². The average Bonchev–Trinajstić information content (AvgIpc) is 2.60. The lowest BCUT2D eigenvalue weighted by molar-refractivity contribution is 0.00684. The summed E-state index contributed by atoms with van der Waals surface area (Å²) in [6, 6.07) is 0. The van der Waals surface area contributed by atoms with E-state index in [2.05, 4.69) is 19.6 Å². The van der Waals surface area contributed by atoms with Crippen LogP contribution < -0.4 is 0 Å². The van der Waals surface area contributed by atoms with Gasteiger partial charge in [0.15, 0.2) is 0 Å². The number of hydrogen-bond donors (Lipinski definition) is 1. The summed E-state index contributed by atoms with van der Waals surface area (Å²) in [6.45, 7) is 5.31. The molecule has 102 valence electrons. The number of hydrogen-bond acceptors (Lipinski definition) is 3. The molecule has 0 unspecified atom stereocenters. The number of rotatable bonds is 8. The van der Waals surface area contributed by atoms with Gasteiger partial charge in [-0.2, -0.15) is 12.6 Å². The van der Waals surface area contributed by atoms with Gasteiger partial charge in [0.05, 0.1) is 19.8 Å². The van der Waals surface area contributed by atoms with E-state index < -0.39 is 0 Å². The Balaban J connectivity index is 2.16. The summed E-state index contributed by atoms with van der Waals surface area (Å²) < 4.78 is 11.2. The molecule has 0 spiro atoms. The smallest absolute Gasteiger partial charge is 0.0700 e. The highest BCUT2D eigenvalue weighted by Crippen LogP contribution is 2.36. The van der Waals surface area contributed by atoms with Gasteiger partial charge in [-0.05, 0) is 25.0 Å². The lowest BCUT2D eigenvalue weighted by Crippen LogP contribution is -2.29. The van der Waals surface area contributed by atoms with Crippen LogP contribution in [0.3, 0.4) is 0 Å². The van der Waals surface area contributed by atoms with Crippen LogP contribution in [0.25, 0.3) is 0 Å². The van der Waals surface area contributed by atoms with Crippen LogP contribution >= 0.6 is 12.6 Å². The second-order valence-corrected chi connectivity index (χ2v) is 5.55. The molecule has 0 aromatic heterocycles. The van der Waals surface area contributed by atoms with Crippen molar-refractivity contribution >= 4 is 12.6 Å². The molecule has 0 N–H and O–H groups in total. The van der Waals surface area contributed by atoms with Gasteiger partial charge in [-0.3, -0.25) is 0 Å². The van der Waals surface area contributed by atoms with Crippen molar-refractivity contribution in [3.8, 4) is 0 Å². The third-order valence-corrected chi connectivity index (χ3v) is 4.30. The van der Waals surface area contributed by atoms with Crippen LogP contribution in [-0.4, -0.2) is 32.2 Å². The Morgan fingerprint density at radius 2 is 1.59 bits per heavy atom. The summed E-state index contributed by atoms with van der Waals surface area (Å²) >= 11 is 4.54. The zero-order valence-corrected chi connectivity index (χ0v) is 12.1. The first kappa shape index (κ1) is 15.3. The molecule has 0 aromatic rings. The van der Waals surface area contributed by atoms with Crippen molar-refractivity contribution in [3.63, 3.8) is 0 Å². The molecule has 0 saturated heterocycles. The minimum absolute atomic E-state index is 0.338. The van der Waals surface area contributed by atoms with Crippen LogP contribution in [0.15, 0.2) is 0 Å². The maximum absolute atomic E-state index is 5.80. The molecule has 0 atom stereocenters. The van der Waals surface area contributed by atoms with Crippen LogP contribution in [0.1, 0.15) is 51.9 Å². The lowest BCUT2D eigenvalue weighted by atomic mass is 9.83. The quantitative estimate of drug-likeness (QED) is 0.407. The molecular formula is C14H28O2S. The Hall–Kier alpha value is 0.270. The lowest BCUT2D eigenvalue weighted by Gasteiger charge is -2.30. The Bertz CT molecular complexity index is 177. The molecule has 1 aliphatic carbocycles. The largest absolute Gasteiger partial charge is 0.379 e. The highest BCUT2D eigenvalue weighted by atomic mass is 32.1. The topological polar surface area (TPSA) is 18.5 Å². The van der Waals surface area contributed by atoms with E-state index in [0.29, 0.717) is 5.41 Å². The normalized spacial score (nSPS) is 20.1. The van der Waals surface area contributed by atoms with Gasteiger partial charge in [-0.15, -0.1) is 0 Å². The summed E-state index contributed by atoms with van der Waals surface area (Å²) in [5.74, 6) is 0.961.